The molecule has 0 unspecified atom stereocenters. The van der Waals surface area contributed by atoms with Crippen LogP contribution in [0, 0.1) is 11.8 Å². The van der Waals surface area contributed by atoms with Gasteiger partial charge in [0.25, 0.3) is 0 Å². The molecule has 3 rings (SSSR count). The van der Waals surface area contributed by atoms with E-state index in [-0.39, 0.29) is 17.6 Å². The van der Waals surface area contributed by atoms with Gasteiger partial charge in [0.15, 0.2) is 5.78 Å². The van der Waals surface area contributed by atoms with Crippen LogP contribution in [0.25, 0.3) is 0 Å². The third kappa shape index (κ3) is 2.62. The maximum Gasteiger partial charge on any atom is 0.224 e. The number of nitrogens with one attached hydrogen (secondary N) is 1. The van der Waals surface area contributed by atoms with Crippen molar-refractivity contribution >= 4 is 17.4 Å². The Balaban J connectivity index is 1.77. The van der Waals surface area contributed by atoms with Crippen LogP contribution >= 0.6 is 0 Å². The van der Waals surface area contributed by atoms with Gasteiger partial charge in [0.05, 0.1) is 0 Å². The van der Waals surface area contributed by atoms with Gasteiger partial charge >= 0.3 is 0 Å². The fourth-order valence-electron chi connectivity index (χ4n) is 3.29. The van der Waals surface area contributed by atoms with Crippen molar-refractivity contribution < 1.29 is 9.59 Å². The molecule has 1 amide bonds. The Morgan fingerprint density at radius 1 is 1.15 bits per heavy atom. The third-order valence-corrected chi connectivity index (χ3v) is 4.67. The molecule has 0 radical (unpaired) electrons. The largest absolute Gasteiger partial charge is 0.326 e. The van der Waals surface area contributed by atoms with Crippen LogP contribution in [0.4, 0.5) is 5.69 Å². The summed E-state index contributed by atoms with van der Waals surface area (Å²) in [4.78, 5) is 23.9. The molecule has 1 aromatic rings. The maximum absolute atomic E-state index is 12.6. The van der Waals surface area contributed by atoms with Crippen molar-refractivity contribution in [2.75, 3.05) is 5.32 Å². The Hall–Kier alpha value is -1.64. The molecule has 2 aliphatic rings. The zero-order valence-electron chi connectivity index (χ0n) is 11.9. The minimum absolute atomic E-state index is 0.0674. The summed E-state index contributed by atoms with van der Waals surface area (Å²) in [5.74, 6) is 1.31. The first-order valence-corrected chi connectivity index (χ1v) is 7.60. The first-order valence-electron chi connectivity index (χ1n) is 7.60. The number of hydrogen-bond acceptors (Lipinski definition) is 2. The molecule has 1 fully saturated rings. The van der Waals surface area contributed by atoms with Crippen LogP contribution in [0.5, 0.6) is 0 Å². The molecule has 0 bridgehead atoms. The van der Waals surface area contributed by atoms with E-state index >= 15 is 0 Å². The number of aryl methyl sites for hydroxylation is 1. The molecule has 1 aromatic carbocycles. The second-order valence-electron chi connectivity index (χ2n) is 6.24. The molecule has 106 valence electrons. The lowest BCUT2D eigenvalue weighted by atomic mass is 9.79. The minimum Gasteiger partial charge on any atom is -0.326 e. The number of Topliss-reactive ketones (excluding diaryl/α,β-unsaturated/α-hetero) is 1. The molecule has 0 atom stereocenters. The molecular weight excluding hydrogens is 250 g/mol. The standard InChI is InChI=1S/C17H21NO2/c1-11-2-4-12(5-3-11)17(20)14-6-8-15-13(10-14)7-9-16(19)18-15/h6,8,10-12H,2-5,7,9H2,1H3,(H,18,19). The predicted octanol–water partition coefficient (Wildman–Crippen LogP) is 3.58. The lowest BCUT2D eigenvalue weighted by molar-refractivity contribution is -0.116. The van der Waals surface area contributed by atoms with Crippen LogP contribution in [-0.4, -0.2) is 11.7 Å². The van der Waals surface area contributed by atoms with Crippen molar-refractivity contribution in [3.63, 3.8) is 0 Å². The highest BCUT2D eigenvalue weighted by molar-refractivity contribution is 6.00. The number of carbonyl (C=O) groups is 2. The van der Waals surface area contributed by atoms with Crippen molar-refractivity contribution in [2.24, 2.45) is 11.8 Å². The third-order valence-electron chi connectivity index (χ3n) is 4.67. The molecule has 1 N–H and O–H groups in total. The Bertz CT molecular complexity index is 542. The van der Waals surface area contributed by atoms with Crippen molar-refractivity contribution in [1.29, 1.82) is 0 Å². The van der Waals surface area contributed by atoms with E-state index in [1.54, 1.807) is 0 Å². The van der Waals surface area contributed by atoms with Crippen LogP contribution in [0.15, 0.2) is 18.2 Å². The lowest BCUT2D eigenvalue weighted by Crippen LogP contribution is -2.22. The first kappa shape index (κ1) is 13.3. The van der Waals surface area contributed by atoms with Gasteiger partial charge in [-0.2, -0.15) is 0 Å². The molecule has 3 nitrogen and oxygen atoms in total. The van der Waals surface area contributed by atoms with Gasteiger partial charge in [0.2, 0.25) is 5.91 Å². The molecule has 0 saturated heterocycles. The normalized spacial score (nSPS) is 25.8. The van der Waals surface area contributed by atoms with E-state index in [2.05, 4.69) is 12.2 Å². The SMILES string of the molecule is CC1CCC(C(=O)c2ccc3c(c2)CCC(=O)N3)CC1. The van der Waals surface area contributed by atoms with Crippen LogP contribution < -0.4 is 5.32 Å². The number of fused-ring (bicyclic) bond motifs is 1. The van der Waals surface area contributed by atoms with E-state index in [9.17, 15) is 9.59 Å². The van der Waals surface area contributed by atoms with Crippen LogP contribution in [0.3, 0.4) is 0 Å². The van der Waals surface area contributed by atoms with Gasteiger partial charge in [-0.25, -0.2) is 0 Å². The monoisotopic (exact) mass is 271 g/mol. The summed E-state index contributed by atoms with van der Waals surface area (Å²) < 4.78 is 0. The second kappa shape index (κ2) is 5.39. The van der Waals surface area contributed by atoms with Crippen molar-refractivity contribution in [2.45, 2.75) is 45.4 Å². The van der Waals surface area contributed by atoms with Gasteiger partial charge in [-0.3, -0.25) is 9.59 Å². The molecule has 1 aliphatic carbocycles. The summed E-state index contributed by atoms with van der Waals surface area (Å²) in [6.07, 6.45) is 5.63. The van der Waals surface area contributed by atoms with E-state index < -0.39 is 0 Å². The molecule has 1 saturated carbocycles. The molecule has 20 heavy (non-hydrogen) atoms. The smallest absolute Gasteiger partial charge is 0.224 e. The summed E-state index contributed by atoms with van der Waals surface area (Å²) >= 11 is 0. The Kier molecular flexibility index (Phi) is 3.60. The number of anilines is 1. The van der Waals surface area contributed by atoms with Crippen molar-refractivity contribution in [3.05, 3.63) is 29.3 Å². The Morgan fingerprint density at radius 3 is 2.65 bits per heavy atom. The zero-order chi connectivity index (χ0) is 14.1. The predicted molar refractivity (Wildman–Crippen MR) is 78.8 cm³/mol. The highest BCUT2D eigenvalue weighted by Crippen LogP contribution is 2.32. The minimum atomic E-state index is 0.0674. The van der Waals surface area contributed by atoms with Crippen LogP contribution in [0.2, 0.25) is 0 Å². The van der Waals surface area contributed by atoms with Gasteiger partial charge < -0.3 is 5.32 Å². The molecule has 0 spiro atoms. The molecule has 1 aliphatic heterocycles. The van der Waals surface area contributed by atoms with E-state index in [4.69, 9.17) is 0 Å². The average Bonchev–Trinajstić information content (AvgIpc) is 2.47. The van der Waals surface area contributed by atoms with E-state index in [1.165, 1.54) is 0 Å². The van der Waals surface area contributed by atoms with Crippen LogP contribution in [0.1, 0.15) is 54.9 Å². The number of carbonyl (C=O) groups excluding carboxylic acids is 2. The number of hydrogen-bond donors (Lipinski definition) is 1. The van der Waals surface area contributed by atoms with Crippen molar-refractivity contribution in [1.82, 2.24) is 0 Å². The van der Waals surface area contributed by atoms with Gasteiger partial charge in [0.1, 0.15) is 0 Å². The van der Waals surface area contributed by atoms with Gasteiger partial charge in [-0.1, -0.05) is 19.8 Å². The number of benzene rings is 1. The topological polar surface area (TPSA) is 46.2 Å². The second-order valence-corrected chi connectivity index (χ2v) is 6.24. The molecule has 1 heterocycles. The number of rotatable bonds is 2. The Labute approximate surface area is 119 Å². The summed E-state index contributed by atoms with van der Waals surface area (Å²) in [5, 5.41) is 2.86. The number of ketones is 1. The quantitative estimate of drug-likeness (QED) is 0.836. The molecule has 3 heteroatoms. The number of amides is 1. The molecular formula is C17H21NO2. The average molecular weight is 271 g/mol. The fraction of sp³-hybridized carbons (Fsp3) is 0.529. The lowest BCUT2D eigenvalue weighted by Gasteiger charge is -2.25. The highest BCUT2D eigenvalue weighted by Gasteiger charge is 2.26. The van der Waals surface area contributed by atoms with E-state index in [0.717, 1.165) is 54.8 Å². The van der Waals surface area contributed by atoms with Gasteiger partial charge in [0, 0.05) is 23.6 Å². The zero-order valence-corrected chi connectivity index (χ0v) is 11.9. The van der Waals surface area contributed by atoms with Gasteiger partial charge in [-0.15, -0.1) is 0 Å². The first-order chi connectivity index (χ1) is 9.63. The maximum atomic E-state index is 12.6. The summed E-state index contributed by atoms with van der Waals surface area (Å²) in [5.41, 5.74) is 2.79. The van der Waals surface area contributed by atoms with Crippen molar-refractivity contribution in [3.8, 4) is 0 Å². The summed E-state index contributed by atoms with van der Waals surface area (Å²) in [6.45, 7) is 2.27. The summed E-state index contributed by atoms with van der Waals surface area (Å²) in [6, 6.07) is 5.73. The van der Waals surface area contributed by atoms with Crippen LogP contribution in [-0.2, 0) is 11.2 Å². The highest BCUT2D eigenvalue weighted by atomic mass is 16.1. The Morgan fingerprint density at radius 2 is 1.90 bits per heavy atom. The molecule has 0 aromatic heterocycles. The fourth-order valence-corrected chi connectivity index (χ4v) is 3.29. The van der Waals surface area contributed by atoms with Gasteiger partial charge in [-0.05, 0) is 48.9 Å². The van der Waals surface area contributed by atoms with E-state index in [0.29, 0.717) is 6.42 Å². The summed E-state index contributed by atoms with van der Waals surface area (Å²) in [7, 11) is 0. The van der Waals surface area contributed by atoms with E-state index in [1.807, 2.05) is 18.2 Å².